The Kier molecular flexibility index (Phi) is 5.47. The number of nitrogens with zero attached hydrogens (tertiary/aromatic N) is 2. The number of carbonyl (C=O) groups is 1. The molecule has 0 radical (unpaired) electrons. The fourth-order valence-electron chi connectivity index (χ4n) is 3.20. The maximum atomic E-state index is 12.6. The normalized spacial score (nSPS) is 15.0. The van der Waals surface area contributed by atoms with Crippen molar-refractivity contribution in [2.24, 2.45) is 0 Å². The minimum absolute atomic E-state index is 0.0972. The highest BCUT2D eigenvalue weighted by Crippen LogP contribution is 2.21. The molecule has 1 aromatic heterocycles. The lowest BCUT2D eigenvalue weighted by molar-refractivity contribution is 0.102. The van der Waals surface area contributed by atoms with Gasteiger partial charge in [-0.15, -0.1) is 0 Å². The first-order chi connectivity index (χ1) is 11.8. The number of anilines is 2. The summed E-state index contributed by atoms with van der Waals surface area (Å²) in [4.78, 5) is 19.3. The molecule has 0 spiro atoms. The molecule has 3 rings (SSSR count). The highest BCUT2D eigenvalue weighted by Gasteiger charge is 2.14. The third kappa shape index (κ3) is 3.94. The summed E-state index contributed by atoms with van der Waals surface area (Å²) in [7, 11) is 0. The molecule has 0 bridgehead atoms. The van der Waals surface area contributed by atoms with Crippen LogP contribution < -0.4 is 10.2 Å². The van der Waals surface area contributed by atoms with Crippen LogP contribution in [-0.4, -0.2) is 24.0 Å². The van der Waals surface area contributed by atoms with Crippen LogP contribution in [0.5, 0.6) is 0 Å². The van der Waals surface area contributed by atoms with Gasteiger partial charge in [-0.05, 0) is 37.0 Å². The van der Waals surface area contributed by atoms with Crippen molar-refractivity contribution in [1.29, 1.82) is 0 Å². The van der Waals surface area contributed by atoms with Gasteiger partial charge >= 0.3 is 0 Å². The topological polar surface area (TPSA) is 45.2 Å². The van der Waals surface area contributed by atoms with Crippen molar-refractivity contribution in [3.05, 3.63) is 53.9 Å². The van der Waals surface area contributed by atoms with Crippen molar-refractivity contribution in [1.82, 2.24) is 4.98 Å². The summed E-state index contributed by atoms with van der Waals surface area (Å²) in [5.41, 5.74) is 3.68. The molecule has 24 heavy (non-hydrogen) atoms. The number of hydrogen-bond donors (Lipinski definition) is 1. The van der Waals surface area contributed by atoms with E-state index in [1.165, 1.54) is 25.7 Å². The molecule has 1 fully saturated rings. The van der Waals surface area contributed by atoms with Crippen LogP contribution in [0.4, 0.5) is 11.4 Å². The van der Waals surface area contributed by atoms with Crippen LogP contribution in [0, 0.1) is 0 Å². The Balaban J connectivity index is 1.76. The average Bonchev–Trinajstić information content (AvgIpc) is 2.92. The Hall–Kier alpha value is -2.36. The van der Waals surface area contributed by atoms with E-state index in [-0.39, 0.29) is 5.91 Å². The maximum Gasteiger partial charge on any atom is 0.257 e. The quantitative estimate of drug-likeness (QED) is 0.913. The van der Waals surface area contributed by atoms with Gasteiger partial charge in [0.25, 0.3) is 5.91 Å². The molecule has 1 amide bonds. The van der Waals surface area contributed by atoms with Crippen molar-refractivity contribution in [3.63, 3.8) is 0 Å². The fourth-order valence-corrected chi connectivity index (χ4v) is 3.20. The van der Waals surface area contributed by atoms with Crippen LogP contribution in [-0.2, 0) is 6.42 Å². The lowest BCUT2D eigenvalue weighted by Crippen LogP contribution is -2.24. The smallest absolute Gasteiger partial charge is 0.257 e. The molecular formula is C20H25N3O. The van der Waals surface area contributed by atoms with E-state index in [0.717, 1.165) is 36.4 Å². The molecule has 4 nitrogen and oxygen atoms in total. The first-order valence-electron chi connectivity index (χ1n) is 8.87. The van der Waals surface area contributed by atoms with Crippen LogP contribution in [0.25, 0.3) is 0 Å². The summed E-state index contributed by atoms with van der Waals surface area (Å²) >= 11 is 0. The third-order valence-electron chi connectivity index (χ3n) is 4.60. The highest BCUT2D eigenvalue weighted by atomic mass is 16.1. The second-order valence-corrected chi connectivity index (χ2v) is 6.30. The minimum atomic E-state index is -0.0972. The molecule has 2 aromatic rings. The van der Waals surface area contributed by atoms with E-state index < -0.39 is 0 Å². The summed E-state index contributed by atoms with van der Waals surface area (Å²) in [5.74, 6) is -0.0972. The van der Waals surface area contributed by atoms with E-state index >= 15 is 0 Å². The zero-order valence-corrected chi connectivity index (χ0v) is 14.3. The number of rotatable bonds is 4. The number of aromatic nitrogens is 1. The molecule has 1 aromatic carbocycles. The molecular weight excluding hydrogens is 298 g/mol. The van der Waals surface area contributed by atoms with Gasteiger partial charge in [0.05, 0.1) is 17.4 Å². The number of nitrogens with one attached hydrogen (secondary N) is 1. The van der Waals surface area contributed by atoms with Gasteiger partial charge in [0.2, 0.25) is 0 Å². The molecule has 0 atom stereocenters. The highest BCUT2D eigenvalue weighted by molar-refractivity contribution is 6.05. The van der Waals surface area contributed by atoms with Gasteiger partial charge in [-0.3, -0.25) is 9.78 Å². The number of amides is 1. The molecule has 126 valence electrons. The summed E-state index contributed by atoms with van der Waals surface area (Å²) in [6.07, 6.45) is 9.40. The summed E-state index contributed by atoms with van der Waals surface area (Å²) < 4.78 is 0. The number of pyridine rings is 1. The van der Waals surface area contributed by atoms with Crippen LogP contribution >= 0.6 is 0 Å². The Labute approximate surface area is 143 Å². The molecule has 1 saturated heterocycles. The fraction of sp³-hybridized carbons (Fsp3) is 0.400. The number of aryl methyl sites for hydroxylation is 1. The van der Waals surface area contributed by atoms with E-state index in [1.54, 1.807) is 6.20 Å². The van der Waals surface area contributed by atoms with Gasteiger partial charge in [0.1, 0.15) is 0 Å². The largest absolute Gasteiger partial charge is 0.370 e. The van der Waals surface area contributed by atoms with Gasteiger partial charge in [-0.25, -0.2) is 0 Å². The monoisotopic (exact) mass is 323 g/mol. The molecule has 1 aliphatic heterocycles. The van der Waals surface area contributed by atoms with Crippen molar-refractivity contribution < 1.29 is 4.79 Å². The molecule has 2 heterocycles. The summed E-state index contributed by atoms with van der Waals surface area (Å²) in [6, 6.07) is 9.89. The third-order valence-corrected chi connectivity index (χ3v) is 4.60. The predicted molar refractivity (Wildman–Crippen MR) is 98.7 cm³/mol. The van der Waals surface area contributed by atoms with Gasteiger partial charge < -0.3 is 10.2 Å². The average molecular weight is 323 g/mol. The number of para-hydroxylation sites is 1. The first-order valence-corrected chi connectivity index (χ1v) is 8.87. The van der Waals surface area contributed by atoms with Gasteiger partial charge in [-0.2, -0.15) is 0 Å². The van der Waals surface area contributed by atoms with Crippen LogP contribution in [0.3, 0.4) is 0 Å². The Bertz CT molecular complexity index is 691. The lowest BCUT2D eigenvalue weighted by atomic mass is 10.1. The maximum absolute atomic E-state index is 12.6. The molecule has 0 unspecified atom stereocenters. The van der Waals surface area contributed by atoms with E-state index in [4.69, 9.17) is 0 Å². The first kappa shape index (κ1) is 16.5. The summed E-state index contributed by atoms with van der Waals surface area (Å²) in [5, 5.41) is 3.02. The number of carbonyl (C=O) groups excluding carboxylic acids is 1. The van der Waals surface area contributed by atoms with Crippen molar-refractivity contribution in [2.45, 2.75) is 39.0 Å². The molecule has 4 heteroatoms. The molecule has 1 N–H and O–H groups in total. The second kappa shape index (κ2) is 7.95. The van der Waals surface area contributed by atoms with E-state index in [1.807, 2.05) is 36.5 Å². The number of hydrogen-bond acceptors (Lipinski definition) is 3. The molecule has 0 aliphatic carbocycles. The molecule has 1 aliphatic rings. The van der Waals surface area contributed by atoms with Crippen LogP contribution in [0.1, 0.15) is 48.5 Å². The minimum Gasteiger partial charge on any atom is -0.370 e. The van der Waals surface area contributed by atoms with Gasteiger partial charge in [-0.1, -0.05) is 38.0 Å². The van der Waals surface area contributed by atoms with Gasteiger partial charge in [0.15, 0.2) is 0 Å². The van der Waals surface area contributed by atoms with Crippen LogP contribution in [0.15, 0.2) is 42.7 Å². The zero-order chi connectivity index (χ0) is 16.8. The summed E-state index contributed by atoms with van der Waals surface area (Å²) in [6.45, 7) is 4.18. The van der Waals surface area contributed by atoms with Crippen molar-refractivity contribution in [3.8, 4) is 0 Å². The van der Waals surface area contributed by atoms with E-state index in [2.05, 4.69) is 22.1 Å². The Morgan fingerprint density at radius 2 is 1.88 bits per heavy atom. The lowest BCUT2D eigenvalue weighted by Gasteiger charge is -2.22. The van der Waals surface area contributed by atoms with E-state index in [9.17, 15) is 4.79 Å². The van der Waals surface area contributed by atoms with Crippen LogP contribution in [0.2, 0.25) is 0 Å². The van der Waals surface area contributed by atoms with Gasteiger partial charge in [0, 0.05) is 25.0 Å². The zero-order valence-electron chi connectivity index (χ0n) is 14.3. The SMILES string of the molecule is CCc1ccccc1NC(=O)c1cncc(N2CCCCCC2)c1. The molecule has 0 saturated carbocycles. The second-order valence-electron chi connectivity index (χ2n) is 6.30. The standard InChI is InChI=1S/C20H25N3O/c1-2-16-9-5-6-10-19(16)22-20(24)17-13-18(15-21-14-17)23-11-7-3-4-8-12-23/h5-6,9-10,13-15H,2-4,7-8,11-12H2,1H3,(H,22,24). The van der Waals surface area contributed by atoms with Crippen molar-refractivity contribution in [2.75, 3.05) is 23.3 Å². The Morgan fingerprint density at radius 1 is 1.12 bits per heavy atom. The number of benzene rings is 1. The van der Waals surface area contributed by atoms with Crippen molar-refractivity contribution >= 4 is 17.3 Å². The Morgan fingerprint density at radius 3 is 2.62 bits per heavy atom. The predicted octanol–water partition coefficient (Wildman–Crippen LogP) is 4.28. The van der Waals surface area contributed by atoms with E-state index in [0.29, 0.717) is 5.56 Å².